The van der Waals surface area contributed by atoms with E-state index in [1.165, 1.54) is 33.1 Å². The highest BCUT2D eigenvalue weighted by Crippen LogP contribution is 2.48. The number of nitrogens with two attached hydrogens (primary N) is 1. The minimum absolute atomic E-state index is 0.0607. The smallest absolute Gasteiger partial charge is 0.302 e. The van der Waals surface area contributed by atoms with E-state index in [1.807, 2.05) is 0 Å². The predicted octanol–water partition coefficient (Wildman–Crippen LogP) is 4.17. The van der Waals surface area contributed by atoms with Gasteiger partial charge in [-0.25, -0.2) is 0 Å². The summed E-state index contributed by atoms with van der Waals surface area (Å²) in [7, 11) is 0. The van der Waals surface area contributed by atoms with Gasteiger partial charge in [-0.3, -0.25) is 9.59 Å². The molecule has 0 aromatic rings. The fourth-order valence-corrected chi connectivity index (χ4v) is 10.3. The van der Waals surface area contributed by atoms with Crippen LogP contribution in [0.1, 0.15) is 111 Å². The van der Waals surface area contributed by atoms with Crippen molar-refractivity contribution < 1.29 is 39.1 Å². The molecule has 1 saturated heterocycles. The fraction of sp³-hybridized carbons (Fsp3) is 0.946. The first-order chi connectivity index (χ1) is 22.5. The molecule has 10 nitrogen and oxygen atoms in total. The second-order valence-corrected chi connectivity index (χ2v) is 16.0. The summed E-state index contributed by atoms with van der Waals surface area (Å²) >= 11 is 0. The van der Waals surface area contributed by atoms with Gasteiger partial charge in [-0.2, -0.15) is 0 Å². The lowest BCUT2D eigenvalue weighted by molar-refractivity contribution is -0.157. The Labute approximate surface area is 283 Å². The van der Waals surface area contributed by atoms with Crippen LogP contribution in [0.25, 0.3) is 0 Å². The van der Waals surface area contributed by atoms with Gasteiger partial charge in [-0.1, -0.05) is 20.3 Å². The van der Waals surface area contributed by atoms with Gasteiger partial charge in [0.1, 0.15) is 12.2 Å². The average molecular weight is 667 g/mol. The van der Waals surface area contributed by atoms with E-state index < -0.39 is 18.3 Å². The summed E-state index contributed by atoms with van der Waals surface area (Å²) in [6, 6.07) is 0. The van der Waals surface area contributed by atoms with Crippen LogP contribution < -0.4 is 11.1 Å². The monoisotopic (exact) mass is 666 g/mol. The molecule has 47 heavy (non-hydrogen) atoms. The van der Waals surface area contributed by atoms with Crippen LogP contribution in [0.4, 0.5) is 0 Å². The van der Waals surface area contributed by atoms with Gasteiger partial charge in [0.2, 0.25) is 0 Å². The topological polar surface area (TPSA) is 161 Å². The third-order valence-electron chi connectivity index (χ3n) is 12.3. The Morgan fingerprint density at radius 2 is 1.68 bits per heavy atom. The van der Waals surface area contributed by atoms with Crippen LogP contribution in [0.15, 0.2) is 0 Å². The molecule has 1 aliphatic heterocycles. The summed E-state index contributed by atoms with van der Waals surface area (Å²) in [5, 5.41) is 34.1. The standard InChI is InChI=1S/C37H66N2O8/c1-22(2)32-8-5-25-13-26(21-41)15-30(16-29(32)14-25)35(47-24(4)43)19-31(46-23(3)42)7-6-27-17-36(45-12-11-40)34(44)20-33(27)28-9-10-39-37(38)18-28/h22,25-37,39-41,44H,5-21,38H2,1-4H3/t25-,26+,27?,28?,29?,30-,31+,32-,33?,34?,35+,36?,37?/m0/s1. The highest BCUT2D eigenvalue weighted by atomic mass is 16.6. The molecule has 10 heteroatoms. The van der Waals surface area contributed by atoms with Crippen molar-refractivity contribution in [3.63, 3.8) is 0 Å². The summed E-state index contributed by atoms with van der Waals surface area (Å²) in [6.07, 6.45) is 9.56. The van der Waals surface area contributed by atoms with Crippen molar-refractivity contribution in [1.82, 2.24) is 5.32 Å². The second-order valence-electron chi connectivity index (χ2n) is 16.0. The first kappa shape index (κ1) is 38.5. The number of piperidine rings is 1. The van der Waals surface area contributed by atoms with Gasteiger partial charge in [-0.15, -0.1) is 0 Å². The number of rotatable bonds is 14. The highest BCUT2D eigenvalue weighted by Gasteiger charge is 2.43. The van der Waals surface area contributed by atoms with Gasteiger partial charge < -0.3 is 40.6 Å². The van der Waals surface area contributed by atoms with Gasteiger partial charge >= 0.3 is 11.9 Å². The quantitative estimate of drug-likeness (QED) is 0.170. The minimum Gasteiger partial charge on any atom is -0.462 e. The maximum absolute atomic E-state index is 12.5. The number of hydrogen-bond donors (Lipinski definition) is 5. The Morgan fingerprint density at radius 1 is 0.915 bits per heavy atom. The summed E-state index contributed by atoms with van der Waals surface area (Å²) in [5.41, 5.74) is 6.30. The van der Waals surface area contributed by atoms with E-state index in [2.05, 4.69) is 19.2 Å². The van der Waals surface area contributed by atoms with Gasteiger partial charge in [0.25, 0.3) is 0 Å². The first-order valence-corrected chi connectivity index (χ1v) is 18.8. The molecule has 1 heterocycles. The van der Waals surface area contributed by atoms with Crippen molar-refractivity contribution in [2.24, 2.45) is 59.0 Å². The first-order valence-electron chi connectivity index (χ1n) is 18.8. The SMILES string of the molecule is CC(=O)O[C@H](CCC1CC(OCCO)C(O)CC1C1CCNC(N)C1)C[C@@H](OC(C)=O)[C@@H]1CC2C[C@@H](CC[C@H]2C(C)C)C[C@@H](CO)C1. The number of esters is 2. The molecule has 7 unspecified atom stereocenters. The van der Waals surface area contributed by atoms with Crippen molar-refractivity contribution >= 4 is 11.9 Å². The van der Waals surface area contributed by atoms with Crippen molar-refractivity contribution in [2.75, 3.05) is 26.4 Å². The van der Waals surface area contributed by atoms with Crippen LogP contribution in [-0.2, 0) is 23.8 Å². The fourth-order valence-electron chi connectivity index (χ4n) is 10.3. The van der Waals surface area contributed by atoms with Crippen LogP contribution >= 0.6 is 0 Å². The molecule has 4 aliphatic rings. The Morgan fingerprint density at radius 3 is 2.34 bits per heavy atom. The number of aliphatic hydroxyl groups is 3. The van der Waals surface area contributed by atoms with Gasteiger partial charge in [0.15, 0.2) is 0 Å². The lowest BCUT2D eigenvalue weighted by Gasteiger charge is -2.45. The maximum atomic E-state index is 12.5. The molecule has 4 fully saturated rings. The number of fused-ring (bicyclic) bond motifs is 2. The predicted molar refractivity (Wildman–Crippen MR) is 180 cm³/mol. The molecule has 4 rings (SSSR count). The van der Waals surface area contributed by atoms with Gasteiger partial charge in [0, 0.05) is 26.9 Å². The van der Waals surface area contributed by atoms with Crippen molar-refractivity contribution in [3.05, 3.63) is 0 Å². The number of ether oxygens (including phenoxy) is 3. The van der Waals surface area contributed by atoms with E-state index >= 15 is 0 Å². The van der Waals surface area contributed by atoms with Crippen LogP contribution in [0.2, 0.25) is 0 Å². The zero-order valence-corrected chi connectivity index (χ0v) is 29.6. The minimum atomic E-state index is -0.598. The molecule has 3 aliphatic carbocycles. The summed E-state index contributed by atoms with van der Waals surface area (Å²) in [4.78, 5) is 25.0. The number of carbonyl (C=O) groups is 2. The molecular weight excluding hydrogens is 600 g/mol. The van der Waals surface area contributed by atoms with Crippen molar-refractivity contribution in [3.8, 4) is 0 Å². The van der Waals surface area contributed by atoms with Crippen molar-refractivity contribution in [2.45, 2.75) is 142 Å². The van der Waals surface area contributed by atoms with Gasteiger partial charge in [-0.05, 0) is 130 Å². The summed E-state index contributed by atoms with van der Waals surface area (Å²) < 4.78 is 18.0. The Balaban J connectivity index is 1.53. The van der Waals surface area contributed by atoms with Crippen LogP contribution in [0.5, 0.6) is 0 Å². The van der Waals surface area contributed by atoms with E-state index in [9.17, 15) is 24.9 Å². The van der Waals surface area contributed by atoms with E-state index in [0.717, 1.165) is 45.1 Å². The Kier molecular flexibility index (Phi) is 15.3. The van der Waals surface area contributed by atoms with E-state index in [4.69, 9.17) is 19.9 Å². The number of nitrogens with one attached hydrogen (secondary N) is 1. The molecule has 13 atom stereocenters. The lowest BCUT2D eigenvalue weighted by atomic mass is 9.62. The van der Waals surface area contributed by atoms with Crippen LogP contribution in [-0.4, -0.2) is 84.2 Å². The Bertz CT molecular complexity index is 967. The van der Waals surface area contributed by atoms with Gasteiger partial charge in [0.05, 0.1) is 31.6 Å². The molecule has 0 aromatic carbocycles. The zero-order valence-electron chi connectivity index (χ0n) is 29.6. The summed E-state index contributed by atoms with van der Waals surface area (Å²) in [6.45, 7) is 8.63. The van der Waals surface area contributed by atoms with Crippen molar-refractivity contribution in [1.29, 1.82) is 0 Å². The van der Waals surface area contributed by atoms with Crippen LogP contribution in [0.3, 0.4) is 0 Å². The second kappa shape index (κ2) is 18.6. The molecule has 2 bridgehead atoms. The van der Waals surface area contributed by atoms with E-state index in [0.29, 0.717) is 55.3 Å². The molecule has 0 aromatic heterocycles. The number of hydrogen-bond acceptors (Lipinski definition) is 10. The molecule has 0 amide bonds. The van der Waals surface area contributed by atoms with E-state index in [1.54, 1.807) is 0 Å². The third kappa shape index (κ3) is 11.4. The average Bonchev–Trinajstić information content (AvgIpc) is 3.00. The molecule has 0 spiro atoms. The number of aliphatic hydroxyl groups excluding tert-OH is 3. The normalized spacial score (nSPS) is 37.8. The molecule has 3 saturated carbocycles. The maximum Gasteiger partial charge on any atom is 0.302 e. The molecule has 272 valence electrons. The largest absolute Gasteiger partial charge is 0.462 e. The van der Waals surface area contributed by atoms with E-state index in [-0.39, 0.29) is 67.7 Å². The van der Waals surface area contributed by atoms with Crippen LogP contribution in [0, 0.1) is 53.3 Å². The summed E-state index contributed by atoms with van der Waals surface area (Å²) in [5.74, 6) is 2.91. The lowest BCUT2D eigenvalue weighted by Crippen LogP contribution is -2.50. The third-order valence-corrected chi connectivity index (χ3v) is 12.3. The highest BCUT2D eigenvalue weighted by molar-refractivity contribution is 5.66. The Hall–Kier alpha value is -1.30. The number of carbonyl (C=O) groups excluding carboxylic acids is 2. The zero-order chi connectivity index (χ0) is 34.1. The molecule has 6 N–H and O–H groups in total. The molecular formula is C37H66N2O8. The molecule has 0 radical (unpaired) electrons.